The highest BCUT2D eigenvalue weighted by Gasteiger charge is 2.17. The highest BCUT2D eigenvalue weighted by atomic mass is 15.3. The van der Waals surface area contributed by atoms with Crippen LogP contribution in [-0.2, 0) is 12.8 Å². The summed E-state index contributed by atoms with van der Waals surface area (Å²) in [6, 6.07) is 11.7. The highest BCUT2D eigenvalue weighted by Crippen LogP contribution is 2.21. The van der Waals surface area contributed by atoms with Gasteiger partial charge in [0.25, 0.3) is 0 Å². The van der Waals surface area contributed by atoms with Gasteiger partial charge in [-0.05, 0) is 51.3 Å². The minimum atomic E-state index is 0.657. The van der Waals surface area contributed by atoms with Crippen LogP contribution in [0.4, 0.5) is 0 Å². The Labute approximate surface area is 192 Å². The van der Waals surface area contributed by atoms with E-state index in [2.05, 4.69) is 86.9 Å². The van der Waals surface area contributed by atoms with Crippen LogP contribution < -0.4 is 0 Å². The number of aromatic nitrogens is 3. The summed E-state index contributed by atoms with van der Waals surface area (Å²) in [7, 11) is 0. The zero-order valence-electron chi connectivity index (χ0n) is 20.3. The van der Waals surface area contributed by atoms with E-state index in [1.54, 1.807) is 0 Å². The van der Waals surface area contributed by atoms with Gasteiger partial charge in [-0.3, -0.25) is 9.80 Å². The smallest absolute Gasteiger partial charge is 0.159 e. The molecule has 1 saturated heterocycles. The topological polar surface area (TPSA) is 36.7 Å². The SMILES string of the molecule is CCc1nn2c(C)cc(C)nc2c1Cc1ccc(C=CCN2CCN(C(C)C)CC2)cc1. The van der Waals surface area contributed by atoms with Crippen molar-refractivity contribution in [2.45, 2.75) is 53.5 Å². The van der Waals surface area contributed by atoms with Crippen LogP contribution in [0.1, 0.15) is 54.5 Å². The summed E-state index contributed by atoms with van der Waals surface area (Å²) in [5.74, 6) is 0. The number of piperazine rings is 1. The lowest BCUT2D eigenvalue weighted by Gasteiger charge is -2.36. The summed E-state index contributed by atoms with van der Waals surface area (Å²) in [6.07, 6.45) is 6.34. The van der Waals surface area contributed by atoms with Crippen molar-refractivity contribution in [3.05, 3.63) is 70.2 Å². The van der Waals surface area contributed by atoms with Gasteiger partial charge in [-0.15, -0.1) is 0 Å². The number of rotatable bonds is 7. The molecule has 1 aliphatic rings. The highest BCUT2D eigenvalue weighted by molar-refractivity contribution is 5.55. The molecule has 170 valence electrons. The fraction of sp³-hybridized carbons (Fsp3) is 0.481. The summed E-state index contributed by atoms with van der Waals surface area (Å²) >= 11 is 0. The first kappa shape index (κ1) is 22.7. The van der Waals surface area contributed by atoms with E-state index in [1.165, 1.54) is 29.8 Å². The first-order chi connectivity index (χ1) is 15.4. The molecule has 5 heteroatoms. The average Bonchev–Trinajstić information content (AvgIpc) is 3.13. The van der Waals surface area contributed by atoms with Crippen LogP contribution in [0, 0.1) is 13.8 Å². The van der Waals surface area contributed by atoms with E-state index in [-0.39, 0.29) is 0 Å². The maximum absolute atomic E-state index is 4.82. The Bertz CT molecular complexity index is 1070. The summed E-state index contributed by atoms with van der Waals surface area (Å²) in [5.41, 5.74) is 8.15. The molecular weight excluding hydrogens is 394 g/mol. The van der Waals surface area contributed by atoms with E-state index < -0.39 is 0 Å². The Morgan fingerprint density at radius 1 is 1.03 bits per heavy atom. The number of benzene rings is 1. The standard InChI is InChI=1S/C27H37N5/c1-6-26-25(27-28-21(4)18-22(5)32(27)29-26)19-24-11-9-23(10-12-24)8-7-13-30-14-16-31(17-15-30)20(2)3/h7-12,18,20H,6,13-17,19H2,1-5H3. The largest absolute Gasteiger partial charge is 0.298 e. The first-order valence-corrected chi connectivity index (χ1v) is 12.0. The van der Waals surface area contributed by atoms with Crippen molar-refractivity contribution in [1.82, 2.24) is 24.4 Å². The summed E-state index contributed by atoms with van der Waals surface area (Å²) in [5, 5.41) is 4.82. The molecule has 32 heavy (non-hydrogen) atoms. The maximum atomic E-state index is 4.82. The molecule has 3 aromatic rings. The number of nitrogens with zero attached hydrogens (tertiary/aromatic N) is 5. The van der Waals surface area contributed by atoms with Crippen LogP contribution in [-0.4, -0.2) is 63.2 Å². The van der Waals surface area contributed by atoms with Crippen LogP contribution in [0.5, 0.6) is 0 Å². The van der Waals surface area contributed by atoms with Gasteiger partial charge in [0.15, 0.2) is 5.65 Å². The van der Waals surface area contributed by atoms with Gasteiger partial charge in [-0.2, -0.15) is 5.10 Å². The number of hydrogen-bond donors (Lipinski definition) is 0. The van der Waals surface area contributed by atoms with E-state index in [0.717, 1.165) is 55.2 Å². The van der Waals surface area contributed by atoms with Gasteiger partial charge in [0.1, 0.15) is 0 Å². The molecule has 5 nitrogen and oxygen atoms in total. The van der Waals surface area contributed by atoms with Gasteiger partial charge in [0.05, 0.1) is 5.69 Å². The molecular formula is C27H37N5. The van der Waals surface area contributed by atoms with Gasteiger partial charge < -0.3 is 0 Å². The van der Waals surface area contributed by atoms with Gasteiger partial charge in [-0.1, -0.05) is 43.3 Å². The molecule has 1 aliphatic heterocycles. The van der Waals surface area contributed by atoms with Crippen molar-refractivity contribution in [2.24, 2.45) is 0 Å². The number of aryl methyl sites for hydroxylation is 3. The zero-order valence-corrected chi connectivity index (χ0v) is 20.3. The maximum Gasteiger partial charge on any atom is 0.159 e. The third-order valence-corrected chi connectivity index (χ3v) is 6.58. The summed E-state index contributed by atoms with van der Waals surface area (Å²) in [4.78, 5) is 9.90. The minimum absolute atomic E-state index is 0.657. The molecule has 2 aromatic heterocycles. The normalized spacial score (nSPS) is 16.1. The van der Waals surface area contributed by atoms with Crippen LogP contribution in [0.25, 0.3) is 11.7 Å². The molecule has 0 bridgehead atoms. The second-order valence-electron chi connectivity index (χ2n) is 9.30. The van der Waals surface area contributed by atoms with Crippen LogP contribution in [0.3, 0.4) is 0 Å². The third kappa shape index (κ3) is 5.11. The first-order valence-electron chi connectivity index (χ1n) is 12.0. The van der Waals surface area contributed by atoms with Crippen LogP contribution in [0.15, 0.2) is 36.4 Å². The predicted molar refractivity (Wildman–Crippen MR) is 133 cm³/mol. The van der Waals surface area contributed by atoms with E-state index in [4.69, 9.17) is 10.1 Å². The lowest BCUT2D eigenvalue weighted by Crippen LogP contribution is -2.48. The van der Waals surface area contributed by atoms with Gasteiger partial charge in [-0.25, -0.2) is 9.50 Å². The van der Waals surface area contributed by atoms with Gasteiger partial charge in [0.2, 0.25) is 0 Å². The molecule has 3 heterocycles. The number of hydrogen-bond acceptors (Lipinski definition) is 4. The van der Waals surface area contributed by atoms with Crippen molar-refractivity contribution in [3.8, 4) is 0 Å². The average molecular weight is 432 g/mol. The molecule has 0 amide bonds. The Morgan fingerprint density at radius 2 is 1.75 bits per heavy atom. The molecule has 1 aromatic carbocycles. The quantitative estimate of drug-likeness (QED) is 0.550. The lowest BCUT2D eigenvalue weighted by molar-refractivity contribution is 0.117. The van der Waals surface area contributed by atoms with Crippen molar-refractivity contribution in [1.29, 1.82) is 0 Å². The molecule has 0 saturated carbocycles. The van der Waals surface area contributed by atoms with Crippen molar-refractivity contribution >= 4 is 11.7 Å². The molecule has 0 N–H and O–H groups in total. The second kappa shape index (κ2) is 9.97. The summed E-state index contributed by atoms with van der Waals surface area (Å²) in [6.45, 7) is 16.6. The Morgan fingerprint density at radius 3 is 2.41 bits per heavy atom. The third-order valence-electron chi connectivity index (χ3n) is 6.58. The minimum Gasteiger partial charge on any atom is -0.298 e. The van der Waals surface area contributed by atoms with Crippen LogP contribution in [0.2, 0.25) is 0 Å². The fourth-order valence-electron chi connectivity index (χ4n) is 4.62. The van der Waals surface area contributed by atoms with Gasteiger partial charge >= 0.3 is 0 Å². The molecule has 1 fully saturated rings. The molecule has 0 atom stereocenters. The van der Waals surface area contributed by atoms with Gasteiger partial charge in [0, 0.05) is 62.1 Å². The lowest BCUT2D eigenvalue weighted by atomic mass is 10.0. The van der Waals surface area contributed by atoms with Crippen LogP contribution >= 0.6 is 0 Å². The molecule has 0 spiro atoms. The Balaban J connectivity index is 1.40. The van der Waals surface area contributed by atoms with E-state index in [0.29, 0.717) is 6.04 Å². The van der Waals surface area contributed by atoms with Crippen molar-refractivity contribution < 1.29 is 0 Å². The second-order valence-corrected chi connectivity index (χ2v) is 9.30. The summed E-state index contributed by atoms with van der Waals surface area (Å²) < 4.78 is 2.00. The van der Waals surface area contributed by atoms with E-state index >= 15 is 0 Å². The Kier molecular flexibility index (Phi) is 7.07. The van der Waals surface area contributed by atoms with Crippen molar-refractivity contribution in [2.75, 3.05) is 32.7 Å². The molecule has 0 radical (unpaired) electrons. The fourth-order valence-corrected chi connectivity index (χ4v) is 4.62. The zero-order chi connectivity index (χ0) is 22.7. The van der Waals surface area contributed by atoms with E-state index in [9.17, 15) is 0 Å². The molecule has 0 aliphatic carbocycles. The Hall–Kier alpha value is -2.50. The number of fused-ring (bicyclic) bond motifs is 1. The monoisotopic (exact) mass is 431 g/mol. The van der Waals surface area contributed by atoms with Crippen molar-refractivity contribution in [3.63, 3.8) is 0 Å². The van der Waals surface area contributed by atoms with E-state index in [1.807, 2.05) is 4.52 Å². The predicted octanol–water partition coefficient (Wildman–Crippen LogP) is 4.54. The molecule has 4 rings (SSSR count). The molecule has 0 unspecified atom stereocenters.